The lowest BCUT2D eigenvalue weighted by atomic mass is 10.1. The van der Waals surface area contributed by atoms with Crippen molar-refractivity contribution >= 4 is 11.4 Å². The van der Waals surface area contributed by atoms with Crippen LogP contribution in [0.2, 0.25) is 0 Å². The number of para-hydroxylation sites is 1. The van der Waals surface area contributed by atoms with E-state index in [-0.39, 0.29) is 10.6 Å². The first-order valence-corrected chi connectivity index (χ1v) is 5.98. The smallest absolute Gasteiger partial charge is 0.292 e. The van der Waals surface area contributed by atoms with Crippen LogP contribution in [0.15, 0.2) is 24.5 Å². The monoisotopic (exact) mass is 261 g/mol. The van der Waals surface area contributed by atoms with Gasteiger partial charge in [0.05, 0.1) is 11.5 Å². The molecule has 2 aromatic rings. The van der Waals surface area contributed by atoms with E-state index < -0.39 is 0 Å². The molecular formula is C12H15N5O2. The van der Waals surface area contributed by atoms with Gasteiger partial charge in [-0.25, -0.2) is 0 Å². The van der Waals surface area contributed by atoms with Crippen molar-refractivity contribution in [1.82, 2.24) is 14.8 Å². The van der Waals surface area contributed by atoms with Crippen molar-refractivity contribution < 1.29 is 4.92 Å². The second-order valence-electron chi connectivity index (χ2n) is 4.11. The Balaban J connectivity index is 2.22. The first kappa shape index (κ1) is 13.0. The van der Waals surface area contributed by atoms with Crippen molar-refractivity contribution in [2.24, 2.45) is 0 Å². The average Bonchev–Trinajstić information content (AvgIpc) is 2.84. The van der Waals surface area contributed by atoms with E-state index in [2.05, 4.69) is 15.5 Å². The summed E-state index contributed by atoms with van der Waals surface area (Å²) in [5, 5.41) is 21.9. The fraction of sp³-hybridized carbons (Fsp3) is 0.333. The lowest BCUT2D eigenvalue weighted by Gasteiger charge is -2.10. The van der Waals surface area contributed by atoms with Gasteiger partial charge in [-0.15, -0.1) is 10.2 Å². The highest BCUT2D eigenvalue weighted by Crippen LogP contribution is 2.27. The lowest BCUT2D eigenvalue weighted by Crippen LogP contribution is -2.09. The highest BCUT2D eigenvalue weighted by atomic mass is 16.6. The van der Waals surface area contributed by atoms with Crippen molar-refractivity contribution in [3.63, 3.8) is 0 Å². The van der Waals surface area contributed by atoms with Crippen LogP contribution < -0.4 is 5.32 Å². The van der Waals surface area contributed by atoms with Crippen LogP contribution in [0.1, 0.15) is 18.3 Å². The molecule has 0 atom stereocenters. The molecule has 0 aliphatic carbocycles. The Labute approximate surface area is 110 Å². The van der Waals surface area contributed by atoms with E-state index in [1.54, 1.807) is 12.4 Å². The van der Waals surface area contributed by atoms with Crippen LogP contribution in [0, 0.1) is 17.0 Å². The van der Waals surface area contributed by atoms with Gasteiger partial charge in [0.25, 0.3) is 5.69 Å². The quantitative estimate of drug-likeness (QED) is 0.658. The summed E-state index contributed by atoms with van der Waals surface area (Å²) in [6.45, 7) is 4.99. The number of nitrogens with one attached hydrogen (secondary N) is 1. The Morgan fingerprint density at radius 2 is 2.26 bits per heavy atom. The zero-order valence-electron chi connectivity index (χ0n) is 10.8. The number of aryl methyl sites for hydroxylation is 2. The number of aromatic nitrogens is 3. The van der Waals surface area contributed by atoms with Crippen molar-refractivity contribution in [2.75, 3.05) is 5.32 Å². The molecule has 0 spiro atoms. The molecule has 0 amide bonds. The molecule has 1 heterocycles. The topological polar surface area (TPSA) is 85.9 Å². The van der Waals surface area contributed by atoms with Crippen LogP contribution in [-0.2, 0) is 13.1 Å². The van der Waals surface area contributed by atoms with Gasteiger partial charge in [-0.05, 0) is 19.4 Å². The van der Waals surface area contributed by atoms with E-state index in [1.165, 1.54) is 6.07 Å². The number of nitro benzene ring substituents is 1. The minimum Gasteiger partial charge on any atom is -0.372 e. The Bertz CT molecular complexity index is 594. The Hall–Kier alpha value is -2.44. The van der Waals surface area contributed by atoms with Crippen molar-refractivity contribution in [2.45, 2.75) is 26.9 Å². The molecule has 7 heteroatoms. The molecule has 1 aromatic carbocycles. The van der Waals surface area contributed by atoms with Gasteiger partial charge in [0, 0.05) is 12.6 Å². The fourth-order valence-corrected chi connectivity index (χ4v) is 1.88. The summed E-state index contributed by atoms with van der Waals surface area (Å²) < 4.78 is 1.89. The third-order valence-electron chi connectivity index (χ3n) is 2.91. The Kier molecular flexibility index (Phi) is 3.74. The minimum atomic E-state index is -0.389. The van der Waals surface area contributed by atoms with Crippen LogP contribution in [0.3, 0.4) is 0 Å². The SMILES string of the molecule is CCn1cnnc1CNc1c(C)cccc1[N+](=O)[O-]. The summed E-state index contributed by atoms with van der Waals surface area (Å²) in [5.74, 6) is 0.750. The van der Waals surface area contributed by atoms with Gasteiger partial charge in [0.15, 0.2) is 5.82 Å². The number of nitro groups is 1. The van der Waals surface area contributed by atoms with Crippen LogP contribution >= 0.6 is 0 Å². The highest BCUT2D eigenvalue weighted by molar-refractivity contribution is 5.65. The molecule has 1 N–H and O–H groups in total. The summed E-state index contributed by atoms with van der Waals surface area (Å²) in [4.78, 5) is 10.6. The van der Waals surface area contributed by atoms with Gasteiger partial charge in [-0.1, -0.05) is 12.1 Å². The maximum atomic E-state index is 11.0. The van der Waals surface area contributed by atoms with E-state index in [4.69, 9.17) is 0 Å². The third-order valence-corrected chi connectivity index (χ3v) is 2.91. The van der Waals surface area contributed by atoms with Gasteiger partial charge in [-0.2, -0.15) is 0 Å². The summed E-state index contributed by atoms with van der Waals surface area (Å²) in [6, 6.07) is 4.99. The predicted molar refractivity (Wildman–Crippen MR) is 70.9 cm³/mol. The second kappa shape index (κ2) is 5.47. The summed E-state index contributed by atoms with van der Waals surface area (Å²) in [7, 11) is 0. The molecule has 0 unspecified atom stereocenters. The fourth-order valence-electron chi connectivity index (χ4n) is 1.88. The number of nitrogens with zero attached hydrogens (tertiary/aromatic N) is 4. The molecular weight excluding hydrogens is 246 g/mol. The summed E-state index contributed by atoms with van der Waals surface area (Å²) in [5.41, 5.74) is 1.43. The van der Waals surface area contributed by atoms with Crippen molar-refractivity contribution in [3.8, 4) is 0 Å². The van der Waals surface area contributed by atoms with E-state index in [0.29, 0.717) is 12.2 Å². The molecule has 7 nitrogen and oxygen atoms in total. The van der Waals surface area contributed by atoms with Gasteiger partial charge in [0.2, 0.25) is 0 Å². The summed E-state index contributed by atoms with van der Waals surface area (Å²) in [6.07, 6.45) is 1.64. The largest absolute Gasteiger partial charge is 0.372 e. The van der Waals surface area contributed by atoms with Gasteiger partial charge >= 0.3 is 0 Å². The second-order valence-corrected chi connectivity index (χ2v) is 4.11. The third kappa shape index (κ3) is 2.70. The molecule has 0 saturated carbocycles. The van der Waals surface area contributed by atoms with Crippen molar-refractivity contribution in [3.05, 3.63) is 46.0 Å². The van der Waals surface area contributed by atoms with E-state index in [1.807, 2.05) is 24.5 Å². The maximum Gasteiger partial charge on any atom is 0.292 e. The summed E-state index contributed by atoms with van der Waals surface area (Å²) >= 11 is 0. The Morgan fingerprint density at radius 3 is 2.95 bits per heavy atom. The molecule has 0 aliphatic heterocycles. The first-order valence-electron chi connectivity index (χ1n) is 5.98. The first-order chi connectivity index (χ1) is 9.13. The molecule has 19 heavy (non-hydrogen) atoms. The molecule has 2 rings (SSSR count). The molecule has 0 fully saturated rings. The zero-order chi connectivity index (χ0) is 13.8. The predicted octanol–water partition coefficient (Wildman–Crippen LogP) is 2.13. The number of rotatable bonds is 5. The van der Waals surface area contributed by atoms with E-state index in [9.17, 15) is 10.1 Å². The number of benzene rings is 1. The normalized spacial score (nSPS) is 10.4. The molecule has 0 bridgehead atoms. The Morgan fingerprint density at radius 1 is 1.47 bits per heavy atom. The molecule has 0 radical (unpaired) electrons. The number of hydrogen-bond donors (Lipinski definition) is 1. The minimum absolute atomic E-state index is 0.0718. The van der Waals surface area contributed by atoms with E-state index >= 15 is 0 Å². The lowest BCUT2D eigenvalue weighted by molar-refractivity contribution is -0.384. The van der Waals surface area contributed by atoms with Crippen LogP contribution in [0.25, 0.3) is 0 Å². The molecule has 1 aromatic heterocycles. The van der Waals surface area contributed by atoms with Crippen molar-refractivity contribution in [1.29, 1.82) is 0 Å². The molecule has 0 saturated heterocycles. The number of hydrogen-bond acceptors (Lipinski definition) is 5. The van der Waals surface area contributed by atoms with Gasteiger partial charge in [-0.3, -0.25) is 10.1 Å². The standard InChI is InChI=1S/C12H15N5O2/c1-3-16-8-14-15-11(16)7-13-12-9(2)5-4-6-10(12)17(18)19/h4-6,8,13H,3,7H2,1-2H3. The van der Waals surface area contributed by atoms with Crippen LogP contribution in [0.4, 0.5) is 11.4 Å². The average molecular weight is 261 g/mol. The van der Waals surface area contributed by atoms with Crippen LogP contribution in [-0.4, -0.2) is 19.7 Å². The zero-order valence-corrected chi connectivity index (χ0v) is 10.8. The number of anilines is 1. The van der Waals surface area contributed by atoms with Crippen LogP contribution in [0.5, 0.6) is 0 Å². The maximum absolute atomic E-state index is 11.0. The molecule has 100 valence electrons. The molecule has 0 aliphatic rings. The van der Waals surface area contributed by atoms with Gasteiger partial charge in [0.1, 0.15) is 12.0 Å². The van der Waals surface area contributed by atoms with Gasteiger partial charge < -0.3 is 9.88 Å². The van der Waals surface area contributed by atoms with E-state index in [0.717, 1.165) is 17.9 Å². The highest BCUT2D eigenvalue weighted by Gasteiger charge is 2.15.